The highest BCUT2D eigenvalue weighted by Crippen LogP contribution is 2.28. The van der Waals surface area contributed by atoms with Crippen molar-refractivity contribution in [2.24, 2.45) is 5.73 Å². The van der Waals surface area contributed by atoms with Crippen LogP contribution in [0.4, 0.5) is 14.5 Å². The van der Waals surface area contributed by atoms with Gasteiger partial charge in [-0.3, -0.25) is 4.79 Å². The van der Waals surface area contributed by atoms with Gasteiger partial charge in [0.1, 0.15) is 17.2 Å². The summed E-state index contributed by atoms with van der Waals surface area (Å²) in [6.07, 6.45) is 0. The zero-order valence-corrected chi connectivity index (χ0v) is 11.8. The van der Waals surface area contributed by atoms with E-state index in [1.165, 1.54) is 13.0 Å². The Hall–Kier alpha value is -2.43. The van der Waals surface area contributed by atoms with Gasteiger partial charge in [0.25, 0.3) is 0 Å². The minimum atomic E-state index is -1.48. The SMILES string of the molecule is Cc1ccc(NC(C)(C(N)=O)c2ccc(F)cc2F)cc1. The Balaban J connectivity index is 2.45. The van der Waals surface area contributed by atoms with Crippen LogP contribution < -0.4 is 11.1 Å². The molecule has 3 N–H and O–H groups in total. The fourth-order valence-corrected chi connectivity index (χ4v) is 2.08. The van der Waals surface area contributed by atoms with Crippen LogP contribution in [0.1, 0.15) is 18.1 Å². The molecule has 0 heterocycles. The van der Waals surface area contributed by atoms with Gasteiger partial charge < -0.3 is 11.1 Å². The van der Waals surface area contributed by atoms with Crippen LogP contribution in [0, 0.1) is 18.6 Å². The maximum atomic E-state index is 14.0. The zero-order chi connectivity index (χ0) is 15.6. The van der Waals surface area contributed by atoms with E-state index in [-0.39, 0.29) is 5.56 Å². The zero-order valence-electron chi connectivity index (χ0n) is 11.8. The third-order valence-corrected chi connectivity index (χ3v) is 3.41. The third-order valence-electron chi connectivity index (χ3n) is 3.41. The van der Waals surface area contributed by atoms with Crippen molar-refractivity contribution < 1.29 is 13.6 Å². The van der Waals surface area contributed by atoms with E-state index in [1.807, 2.05) is 19.1 Å². The second-order valence-electron chi connectivity index (χ2n) is 5.10. The predicted octanol–water partition coefficient (Wildman–Crippen LogP) is 3.09. The Morgan fingerprint density at radius 1 is 1.14 bits per heavy atom. The number of carbonyl (C=O) groups excluding carboxylic acids is 1. The molecular weight excluding hydrogens is 274 g/mol. The monoisotopic (exact) mass is 290 g/mol. The van der Waals surface area contributed by atoms with Crippen molar-refractivity contribution in [2.75, 3.05) is 5.32 Å². The van der Waals surface area contributed by atoms with Gasteiger partial charge in [-0.2, -0.15) is 0 Å². The van der Waals surface area contributed by atoms with Crippen LogP contribution in [-0.4, -0.2) is 5.91 Å². The molecule has 0 bridgehead atoms. The molecule has 1 atom stereocenters. The molecule has 1 unspecified atom stereocenters. The summed E-state index contributed by atoms with van der Waals surface area (Å²) in [6, 6.07) is 10.3. The Labute approximate surface area is 121 Å². The lowest BCUT2D eigenvalue weighted by molar-refractivity contribution is -0.122. The van der Waals surface area contributed by atoms with E-state index >= 15 is 0 Å². The number of primary amides is 1. The molecule has 0 radical (unpaired) electrons. The quantitative estimate of drug-likeness (QED) is 0.909. The van der Waals surface area contributed by atoms with Crippen LogP contribution in [0.2, 0.25) is 0 Å². The van der Waals surface area contributed by atoms with E-state index in [0.717, 1.165) is 17.7 Å². The molecular formula is C16H16F2N2O. The van der Waals surface area contributed by atoms with Crippen molar-refractivity contribution in [1.82, 2.24) is 0 Å². The first-order valence-electron chi connectivity index (χ1n) is 6.43. The molecule has 0 saturated carbocycles. The lowest BCUT2D eigenvalue weighted by atomic mass is 9.90. The molecule has 2 rings (SSSR count). The average Bonchev–Trinajstić information content (AvgIpc) is 2.41. The fourth-order valence-electron chi connectivity index (χ4n) is 2.08. The molecule has 0 saturated heterocycles. The summed E-state index contributed by atoms with van der Waals surface area (Å²) in [4.78, 5) is 11.8. The summed E-state index contributed by atoms with van der Waals surface area (Å²) in [5.41, 5.74) is 5.61. The Morgan fingerprint density at radius 2 is 1.76 bits per heavy atom. The molecule has 0 fully saturated rings. The number of hydrogen-bond acceptors (Lipinski definition) is 2. The van der Waals surface area contributed by atoms with Crippen LogP contribution >= 0.6 is 0 Å². The van der Waals surface area contributed by atoms with Crippen LogP contribution in [0.25, 0.3) is 0 Å². The van der Waals surface area contributed by atoms with Crippen LogP contribution in [0.3, 0.4) is 0 Å². The molecule has 0 aromatic heterocycles. The van der Waals surface area contributed by atoms with E-state index in [4.69, 9.17) is 5.73 Å². The second-order valence-corrected chi connectivity index (χ2v) is 5.10. The third kappa shape index (κ3) is 3.02. The molecule has 2 aromatic carbocycles. The van der Waals surface area contributed by atoms with Gasteiger partial charge in [-0.05, 0) is 32.0 Å². The lowest BCUT2D eigenvalue weighted by Crippen LogP contribution is -2.45. The maximum Gasteiger partial charge on any atom is 0.247 e. The van der Waals surface area contributed by atoms with Gasteiger partial charge in [0.05, 0.1) is 0 Å². The number of carbonyl (C=O) groups is 1. The minimum absolute atomic E-state index is 0.00280. The smallest absolute Gasteiger partial charge is 0.247 e. The number of benzene rings is 2. The first-order valence-corrected chi connectivity index (χ1v) is 6.43. The molecule has 0 aliphatic heterocycles. The summed E-state index contributed by atoms with van der Waals surface area (Å²) in [7, 11) is 0. The van der Waals surface area contributed by atoms with Gasteiger partial charge in [0.2, 0.25) is 5.91 Å². The normalized spacial score (nSPS) is 13.5. The molecule has 0 aliphatic rings. The fraction of sp³-hybridized carbons (Fsp3) is 0.188. The predicted molar refractivity (Wildman–Crippen MR) is 77.7 cm³/mol. The Morgan fingerprint density at radius 3 is 2.29 bits per heavy atom. The van der Waals surface area contributed by atoms with E-state index in [0.29, 0.717) is 5.69 Å². The molecule has 2 aromatic rings. The standard InChI is InChI=1S/C16H16F2N2O/c1-10-3-6-12(7-4-10)20-16(2,15(19)21)13-8-5-11(17)9-14(13)18/h3-9,20H,1-2H3,(H2,19,21). The van der Waals surface area contributed by atoms with Crippen molar-refractivity contribution >= 4 is 11.6 Å². The number of halogens is 2. The molecule has 0 spiro atoms. The number of amides is 1. The highest BCUT2D eigenvalue weighted by Gasteiger charge is 2.35. The van der Waals surface area contributed by atoms with E-state index < -0.39 is 23.1 Å². The Kier molecular flexibility index (Phi) is 3.93. The molecule has 21 heavy (non-hydrogen) atoms. The second kappa shape index (κ2) is 5.52. The Bertz CT molecular complexity index is 670. The van der Waals surface area contributed by atoms with Gasteiger partial charge in [-0.1, -0.05) is 23.8 Å². The molecule has 5 heteroatoms. The summed E-state index contributed by atoms with van der Waals surface area (Å²) in [6.45, 7) is 3.39. The summed E-state index contributed by atoms with van der Waals surface area (Å²) in [5, 5.41) is 2.92. The summed E-state index contributed by atoms with van der Waals surface area (Å²) < 4.78 is 27.0. The number of nitrogens with two attached hydrogens (primary N) is 1. The van der Waals surface area contributed by atoms with Gasteiger partial charge in [0.15, 0.2) is 0 Å². The number of anilines is 1. The lowest BCUT2D eigenvalue weighted by Gasteiger charge is -2.29. The number of nitrogens with one attached hydrogen (secondary N) is 1. The highest BCUT2D eigenvalue weighted by molar-refractivity contribution is 5.89. The van der Waals surface area contributed by atoms with Crippen LogP contribution in [-0.2, 0) is 10.3 Å². The summed E-state index contributed by atoms with van der Waals surface area (Å²) >= 11 is 0. The maximum absolute atomic E-state index is 14.0. The number of aryl methyl sites for hydroxylation is 1. The van der Waals surface area contributed by atoms with Crippen LogP contribution in [0.15, 0.2) is 42.5 Å². The number of hydrogen-bond donors (Lipinski definition) is 2. The van der Waals surface area contributed by atoms with Gasteiger partial charge in [-0.25, -0.2) is 8.78 Å². The average molecular weight is 290 g/mol. The highest BCUT2D eigenvalue weighted by atomic mass is 19.1. The first-order chi connectivity index (χ1) is 9.83. The molecule has 0 aliphatic carbocycles. The van der Waals surface area contributed by atoms with Gasteiger partial charge in [-0.15, -0.1) is 0 Å². The van der Waals surface area contributed by atoms with Gasteiger partial charge in [0, 0.05) is 17.3 Å². The van der Waals surface area contributed by atoms with Gasteiger partial charge >= 0.3 is 0 Å². The van der Waals surface area contributed by atoms with Crippen molar-refractivity contribution in [3.05, 3.63) is 65.2 Å². The number of rotatable bonds is 4. The largest absolute Gasteiger partial charge is 0.368 e. The topological polar surface area (TPSA) is 55.1 Å². The van der Waals surface area contributed by atoms with E-state index in [9.17, 15) is 13.6 Å². The molecule has 110 valence electrons. The molecule has 1 amide bonds. The first kappa shape index (κ1) is 15.0. The summed E-state index contributed by atoms with van der Waals surface area (Å²) in [5.74, 6) is -2.29. The molecule has 3 nitrogen and oxygen atoms in total. The van der Waals surface area contributed by atoms with Crippen molar-refractivity contribution in [3.8, 4) is 0 Å². The minimum Gasteiger partial charge on any atom is -0.368 e. The van der Waals surface area contributed by atoms with E-state index in [1.54, 1.807) is 12.1 Å². The van der Waals surface area contributed by atoms with Crippen molar-refractivity contribution in [3.63, 3.8) is 0 Å². The van der Waals surface area contributed by atoms with Crippen LogP contribution in [0.5, 0.6) is 0 Å². The van der Waals surface area contributed by atoms with Crippen molar-refractivity contribution in [1.29, 1.82) is 0 Å². The van der Waals surface area contributed by atoms with Crippen molar-refractivity contribution in [2.45, 2.75) is 19.4 Å². The van der Waals surface area contributed by atoms with E-state index in [2.05, 4.69) is 5.32 Å².